The van der Waals surface area contributed by atoms with Crippen LogP contribution in [-0.2, 0) is 0 Å². The molecule has 2 heteroatoms. The Labute approximate surface area is 57.5 Å². The molecule has 1 fully saturated rings. The first-order chi connectivity index (χ1) is 4.43. The van der Waals surface area contributed by atoms with Crippen molar-refractivity contribution in [3.63, 3.8) is 0 Å². The van der Waals surface area contributed by atoms with Crippen molar-refractivity contribution in [2.45, 2.75) is 19.8 Å². The van der Waals surface area contributed by atoms with E-state index in [1.807, 2.05) is 0 Å². The van der Waals surface area contributed by atoms with Crippen LogP contribution in [0.15, 0.2) is 0 Å². The Kier molecular flexibility index (Phi) is 5.99. The highest BCUT2D eigenvalue weighted by molar-refractivity contribution is 4.62. The van der Waals surface area contributed by atoms with Crippen LogP contribution in [0.2, 0.25) is 0 Å². The molecule has 1 saturated heterocycles. The van der Waals surface area contributed by atoms with Gasteiger partial charge in [-0.3, -0.25) is 0 Å². The Hall–Kier alpha value is -0.0800. The molecule has 0 atom stereocenters. The minimum Gasteiger partial charge on any atom is -0.400 e. The fraction of sp³-hybridized carbons (Fsp3) is 1.00. The lowest BCUT2D eigenvalue weighted by molar-refractivity contribution is 0.359. The number of likely N-dealkylation sites (tertiary alicyclic amines) is 1. The van der Waals surface area contributed by atoms with Crippen molar-refractivity contribution in [2.75, 3.05) is 26.7 Å². The fourth-order valence-electron chi connectivity index (χ4n) is 1.10. The standard InChI is InChI=1S/C6H13N.CH4O/c1-2-7-5-3-4-6-7;1-2/h2-6H2,1H3;2H,1H3. The molecule has 0 aliphatic carbocycles. The van der Waals surface area contributed by atoms with Crippen molar-refractivity contribution < 1.29 is 5.11 Å². The minimum absolute atomic E-state index is 1.00. The van der Waals surface area contributed by atoms with E-state index in [1.165, 1.54) is 32.5 Å². The van der Waals surface area contributed by atoms with Gasteiger partial charge in [0, 0.05) is 7.11 Å². The quantitative estimate of drug-likeness (QED) is 0.566. The lowest BCUT2D eigenvalue weighted by atomic mass is 10.4. The Morgan fingerprint density at radius 2 is 1.67 bits per heavy atom. The summed E-state index contributed by atoms with van der Waals surface area (Å²) in [5, 5.41) is 7.00. The van der Waals surface area contributed by atoms with Crippen LogP contribution in [0.5, 0.6) is 0 Å². The normalized spacial score (nSPS) is 19.0. The minimum atomic E-state index is 1.00. The fourth-order valence-corrected chi connectivity index (χ4v) is 1.10. The van der Waals surface area contributed by atoms with E-state index in [0.717, 1.165) is 7.11 Å². The first-order valence-corrected chi connectivity index (χ1v) is 3.60. The van der Waals surface area contributed by atoms with Gasteiger partial charge < -0.3 is 10.0 Å². The summed E-state index contributed by atoms with van der Waals surface area (Å²) in [4.78, 5) is 2.49. The van der Waals surface area contributed by atoms with Crippen LogP contribution >= 0.6 is 0 Å². The lowest BCUT2D eigenvalue weighted by Crippen LogP contribution is -2.17. The molecule has 0 spiro atoms. The van der Waals surface area contributed by atoms with Crippen LogP contribution in [0.25, 0.3) is 0 Å². The molecule has 2 nitrogen and oxygen atoms in total. The van der Waals surface area contributed by atoms with Crippen LogP contribution in [0, 0.1) is 0 Å². The molecule has 9 heavy (non-hydrogen) atoms. The van der Waals surface area contributed by atoms with Gasteiger partial charge in [-0.1, -0.05) is 6.92 Å². The van der Waals surface area contributed by atoms with Crippen LogP contribution in [0.4, 0.5) is 0 Å². The molecule has 1 aliphatic rings. The third-order valence-corrected chi connectivity index (χ3v) is 1.65. The van der Waals surface area contributed by atoms with E-state index in [0.29, 0.717) is 0 Å². The first kappa shape index (κ1) is 8.92. The van der Waals surface area contributed by atoms with Crippen molar-refractivity contribution in [2.24, 2.45) is 0 Å². The number of nitrogens with zero attached hydrogens (tertiary/aromatic N) is 1. The van der Waals surface area contributed by atoms with Gasteiger partial charge in [0.05, 0.1) is 0 Å². The first-order valence-electron chi connectivity index (χ1n) is 3.60. The lowest BCUT2D eigenvalue weighted by Gasteiger charge is -2.08. The predicted octanol–water partition coefficient (Wildman–Crippen LogP) is 0.711. The highest BCUT2D eigenvalue weighted by Gasteiger charge is 2.06. The van der Waals surface area contributed by atoms with Crippen LogP contribution in [-0.4, -0.2) is 36.8 Å². The maximum atomic E-state index is 7.00. The van der Waals surface area contributed by atoms with Gasteiger partial charge in [0.15, 0.2) is 0 Å². The van der Waals surface area contributed by atoms with E-state index in [2.05, 4.69) is 11.8 Å². The molecule has 0 aromatic heterocycles. The molecular weight excluding hydrogens is 114 g/mol. The second kappa shape index (κ2) is 6.05. The number of rotatable bonds is 1. The Balaban J connectivity index is 0.000000291. The molecule has 0 saturated carbocycles. The van der Waals surface area contributed by atoms with Crippen molar-refractivity contribution in [1.29, 1.82) is 0 Å². The molecule has 0 unspecified atom stereocenters. The Morgan fingerprint density at radius 3 is 1.89 bits per heavy atom. The summed E-state index contributed by atoms with van der Waals surface area (Å²) in [5.74, 6) is 0. The summed E-state index contributed by atoms with van der Waals surface area (Å²) in [6.07, 6.45) is 2.85. The summed E-state index contributed by atoms with van der Waals surface area (Å²) in [5.41, 5.74) is 0. The maximum Gasteiger partial charge on any atom is 0.0319 e. The van der Waals surface area contributed by atoms with Gasteiger partial charge in [-0.05, 0) is 32.5 Å². The summed E-state index contributed by atoms with van der Waals surface area (Å²) < 4.78 is 0. The van der Waals surface area contributed by atoms with Crippen molar-refractivity contribution in [3.05, 3.63) is 0 Å². The van der Waals surface area contributed by atoms with E-state index in [9.17, 15) is 0 Å². The topological polar surface area (TPSA) is 23.5 Å². The SMILES string of the molecule is CCN1CCCC1.CO. The van der Waals surface area contributed by atoms with Crippen LogP contribution in [0.1, 0.15) is 19.8 Å². The maximum absolute atomic E-state index is 7.00. The average molecular weight is 131 g/mol. The second-order valence-corrected chi connectivity index (χ2v) is 2.14. The molecule has 0 amide bonds. The Morgan fingerprint density at radius 1 is 1.22 bits per heavy atom. The largest absolute Gasteiger partial charge is 0.400 e. The van der Waals surface area contributed by atoms with Crippen molar-refractivity contribution >= 4 is 0 Å². The monoisotopic (exact) mass is 131 g/mol. The van der Waals surface area contributed by atoms with Crippen molar-refractivity contribution in [3.8, 4) is 0 Å². The van der Waals surface area contributed by atoms with Crippen LogP contribution in [0.3, 0.4) is 0 Å². The molecule has 1 heterocycles. The zero-order valence-corrected chi connectivity index (χ0v) is 6.43. The predicted molar refractivity (Wildman–Crippen MR) is 39.5 cm³/mol. The van der Waals surface area contributed by atoms with Crippen molar-refractivity contribution in [1.82, 2.24) is 4.90 Å². The molecule has 0 bridgehead atoms. The van der Waals surface area contributed by atoms with Gasteiger partial charge in [-0.15, -0.1) is 0 Å². The molecule has 56 valence electrons. The highest BCUT2D eigenvalue weighted by Crippen LogP contribution is 2.04. The molecule has 0 aromatic rings. The smallest absolute Gasteiger partial charge is 0.0319 e. The van der Waals surface area contributed by atoms with Gasteiger partial charge in [0.25, 0.3) is 0 Å². The van der Waals surface area contributed by atoms with Gasteiger partial charge >= 0.3 is 0 Å². The van der Waals surface area contributed by atoms with E-state index in [1.54, 1.807) is 0 Å². The van der Waals surface area contributed by atoms with Gasteiger partial charge in [0.2, 0.25) is 0 Å². The average Bonchev–Trinajstić information content (AvgIpc) is 2.43. The molecule has 0 aromatic carbocycles. The van der Waals surface area contributed by atoms with E-state index in [-0.39, 0.29) is 0 Å². The summed E-state index contributed by atoms with van der Waals surface area (Å²) in [6.45, 7) is 6.16. The Bertz CT molecular complexity index is 50.9. The number of hydrogen-bond acceptors (Lipinski definition) is 2. The van der Waals surface area contributed by atoms with Gasteiger partial charge in [-0.2, -0.15) is 0 Å². The number of aliphatic hydroxyl groups is 1. The van der Waals surface area contributed by atoms with E-state index < -0.39 is 0 Å². The van der Waals surface area contributed by atoms with Crippen LogP contribution < -0.4 is 0 Å². The summed E-state index contributed by atoms with van der Waals surface area (Å²) in [6, 6.07) is 0. The molecule has 1 N–H and O–H groups in total. The van der Waals surface area contributed by atoms with E-state index >= 15 is 0 Å². The molecule has 0 radical (unpaired) electrons. The zero-order valence-electron chi connectivity index (χ0n) is 6.43. The zero-order chi connectivity index (χ0) is 7.11. The molecular formula is C7H17NO. The highest BCUT2D eigenvalue weighted by atomic mass is 16.2. The van der Waals surface area contributed by atoms with Gasteiger partial charge in [0.1, 0.15) is 0 Å². The third-order valence-electron chi connectivity index (χ3n) is 1.65. The number of aliphatic hydroxyl groups excluding tert-OH is 1. The third kappa shape index (κ3) is 3.49. The van der Waals surface area contributed by atoms with Gasteiger partial charge in [-0.25, -0.2) is 0 Å². The molecule has 1 rings (SSSR count). The summed E-state index contributed by atoms with van der Waals surface area (Å²) in [7, 11) is 1.00. The summed E-state index contributed by atoms with van der Waals surface area (Å²) >= 11 is 0. The molecule has 1 aliphatic heterocycles. The van der Waals surface area contributed by atoms with E-state index in [4.69, 9.17) is 5.11 Å². The second-order valence-electron chi connectivity index (χ2n) is 2.14. The number of hydrogen-bond donors (Lipinski definition) is 1.